The number of amides is 2. The SMILES string of the molecule is CC(=O)c1ccc(NS(=O)(=O)c2cccc(N3C(=O)[C@H]4CC[C@@](C)(C3=O)C4(C)C)c2)cc1. The highest BCUT2D eigenvalue weighted by Gasteiger charge is 2.64. The number of sulfonamides is 1. The van der Waals surface area contributed by atoms with Crippen molar-refractivity contribution in [3.63, 3.8) is 0 Å². The van der Waals surface area contributed by atoms with Crippen LogP contribution in [0.4, 0.5) is 11.4 Å². The molecule has 1 N–H and O–H groups in total. The Balaban J connectivity index is 1.66. The van der Waals surface area contributed by atoms with Gasteiger partial charge in [-0.15, -0.1) is 0 Å². The van der Waals surface area contributed by atoms with Crippen LogP contribution in [0.3, 0.4) is 0 Å². The molecule has 0 spiro atoms. The summed E-state index contributed by atoms with van der Waals surface area (Å²) in [6, 6.07) is 12.0. The molecule has 2 bridgehead atoms. The van der Waals surface area contributed by atoms with Gasteiger partial charge in [0.25, 0.3) is 10.0 Å². The standard InChI is InChI=1S/C24H26N2O5S/c1-15(27)16-8-10-17(11-9-16)25-32(30,31)19-7-5-6-18(14-19)26-21(28)20-12-13-24(4,22(26)29)23(20,2)3/h5-11,14,20,25H,12-13H2,1-4H3/t20-,24+/m1/s1. The summed E-state index contributed by atoms with van der Waals surface area (Å²) < 4.78 is 28.4. The van der Waals surface area contributed by atoms with Gasteiger partial charge in [0.1, 0.15) is 0 Å². The van der Waals surface area contributed by atoms with E-state index in [0.29, 0.717) is 24.1 Å². The molecule has 1 heterocycles. The average molecular weight is 455 g/mol. The zero-order chi connectivity index (χ0) is 23.5. The molecular formula is C24H26N2O5S. The van der Waals surface area contributed by atoms with E-state index in [1.54, 1.807) is 18.2 Å². The Labute approximate surface area is 187 Å². The summed E-state index contributed by atoms with van der Waals surface area (Å²) in [7, 11) is -3.98. The molecule has 2 fully saturated rings. The largest absolute Gasteiger partial charge is 0.295 e. The summed E-state index contributed by atoms with van der Waals surface area (Å²) in [5, 5.41) is 0. The molecule has 0 radical (unpaired) electrons. The zero-order valence-electron chi connectivity index (χ0n) is 18.5. The van der Waals surface area contributed by atoms with Crippen molar-refractivity contribution >= 4 is 39.0 Å². The number of imide groups is 1. The number of benzene rings is 2. The molecule has 1 aliphatic heterocycles. The predicted molar refractivity (Wildman–Crippen MR) is 121 cm³/mol. The molecule has 2 atom stereocenters. The molecule has 2 aromatic rings. The van der Waals surface area contributed by atoms with Crippen molar-refractivity contribution in [3.05, 3.63) is 54.1 Å². The molecule has 2 aliphatic rings. The lowest BCUT2D eigenvalue weighted by atomic mass is 9.62. The lowest BCUT2D eigenvalue weighted by molar-refractivity contribution is -0.146. The number of hydrogen-bond donors (Lipinski definition) is 1. The molecule has 1 saturated heterocycles. The minimum atomic E-state index is -3.98. The van der Waals surface area contributed by atoms with Crippen LogP contribution < -0.4 is 9.62 Å². The minimum Gasteiger partial charge on any atom is -0.295 e. The topological polar surface area (TPSA) is 101 Å². The zero-order valence-corrected chi connectivity index (χ0v) is 19.3. The first-order valence-electron chi connectivity index (χ1n) is 10.5. The quantitative estimate of drug-likeness (QED) is 0.544. The van der Waals surface area contributed by atoms with Gasteiger partial charge in [0, 0.05) is 17.2 Å². The average Bonchev–Trinajstić information content (AvgIpc) is 2.91. The lowest BCUT2D eigenvalue weighted by Crippen LogP contribution is -2.59. The maximum Gasteiger partial charge on any atom is 0.261 e. The van der Waals surface area contributed by atoms with Crippen LogP contribution in [0.25, 0.3) is 0 Å². The molecule has 2 aromatic carbocycles. The first-order chi connectivity index (χ1) is 14.9. The maximum absolute atomic E-state index is 13.4. The fourth-order valence-electron chi connectivity index (χ4n) is 4.84. The van der Waals surface area contributed by atoms with Gasteiger partial charge in [-0.3, -0.25) is 19.1 Å². The minimum absolute atomic E-state index is 0.0615. The number of piperidine rings is 1. The fraction of sp³-hybridized carbons (Fsp3) is 0.375. The van der Waals surface area contributed by atoms with Gasteiger partial charge in [-0.25, -0.2) is 13.3 Å². The van der Waals surface area contributed by atoms with Crippen molar-refractivity contribution in [2.24, 2.45) is 16.7 Å². The Kier molecular flexibility index (Phi) is 5.04. The molecule has 4 rings (SSSR count). The molecule has 7 nitrogen and oxygen atoms in total. The highest BCUT2D eigenvalue weighted by atomic mass is 32.2. The second-order valence-corrected chi connectivity index (χ2v) is 11.0. The highest BCUT2D eigenvalue weighted by Crippen LogP contribution is 2.60. The summed E-state index contributed by atoms with van der Waals surface area (Å²) in [6.45, 7) is 7.24. The number of fused-ring (bicyclic) bond motifs is 2. The molecule has 168 valence electrons. The normalized spacial score (nSPS) is 24.5. The molecule has 1 aliphatic carbocycles. The molecular weight excluding hydrogens is 428 g/mol. The molecule has 32 heavy (non-hydrogen) atoms. The van der Waals surface area contributed by atoms with Crippen molar-refractivity contribution in [2.45, 2.75) is 45.4 Å². The summed E-state index contributed by atoms with van der Waals surface area (Å²) in [5.74, 6) is -0.974. The Hall–Kier alpha value is -3.00. The van der Waals surface area contributed by atoms with Crippen molar-refractivity contribution < 1.29 is 22.8 Å². The predicted octanol–water partition coefficient (Wildman–Crippen LogP) is 4.01. The van der Waals surface area contributed by atoms with Crippen molar-refractivity contribution in [3.8, 4) is 0 Å². The van der Waals surface area contributed by atoms with Crippen LogP contribution >= 0.6 is 0 Å². The van der Waals surface area contributed by atoms with Crippen molar-refractivity contribution in [1.29, 1.82) is 0 Å². The molecule has 0 aromatic heterocycles. The van der Waals surface area contributed by atoms with Crippen molar-refractivity contribution in [2.75, 3.05) is 9.62 Å². The van der Waals surface area contributed by atoms with Gasteiger partial charge in [0.15, 0.2) is 5.78 Å². The third kappa shape index (κ3) is 3.24. The number of nitrogens with one attached hydrogen (secondary N) is 1. The maximum atomic E-state index is 13.4. The van der Waals surface area contributed by atoms with E-state index in [2.05, 4.69) is 4.72 Å². The van der Waals surface area contributed by atoms with Gasteiger partial charge >= 0.3 is 0 Å². The van der Waals surface area contributed by atoms with Gasteiger partial charge in [-0.2, -0.15) is 0 Å². The van der Waals surface area contributed by atoms with Crippen LogP contribution in [0.2, 0.25) is 0 Å². The van der Waals surface area contributed by atoms with Crippen molar-refractivity contribution in [1.82, 2.24) is 0 Å². The Morgan fingerprint density at radius 2 is 1.72 bits per heavy atom. The van der Waals surface area contributed by atoms with Gasteiger partial charge in [-0.1, -0.05) is 26.8 Å². The van der Waals surface area contributed by atoms with Crippen LogP contribution in [0.1, 0.15) is 50.9 Å². The number of ketones is 1. The number of anilines is 2. The van der Waals surface area contributed by atoms with E-state index < -0.39 is 20.9 Å². The van der Waals surface area contributed by atoms with E-state index in [4.69, 9.17) is 0 Å². The van der Waals surface area contributed by atoms with Gasteiger partial charge in [-0.05, 0) is 67.6 Å². The van der Waals surface area contributed by atoms with Gasteiger partial charge in [0.05, 0.1) is 16.0 Å². The fourth-order valence-corrected chi connectivity index (χ4v) is 5.94. The van der Waals surface area contributed by atoms with Crippen LogP contribution in [0.15, 0.2) is 53.4 Å². The first kappa shape index (κ1) is 22.2. The van der Waals surface area contributed by atoms with E-state index in [9.17, 15) is 22.8 Å². The Morgan fingerprint density at radius 3 is 2.34 bits per heavy atom. The van der Waals surface area contributed by atoms with E-state index in [1.807, 2.05) is 20.8 Å². The number of rotatable bonds is 5. The smallest absolute Gasteiger partial charge is 0.261 e. The van der Waals surface area contributed by atoms with E-state index in [1.165, 1.54) is 37.3 Å². The highest BCUT2D eigenvalue weighted by molar-refractivity contribution is 7.92. The van der Waals surface area contributed by atoms with Crippen LogP contribution in [0, 0.1) is 16.7 Å². The molecule has 1 saturated carbocycles. The van der Waals surface area contributed by atoms with Crippen LogP contribution in [0.5, 0.6) is 0 Å². The number of carbonyl (C=O) groups is 3. The van der Waals surface area contributed by atoms with E-state index in [-0.39, 0.29) is 34.1 Å². The molecule has 0 unspecified atom stereocenters. The summed E-state index contributed by atoms with van der Waals surface area (Å²) in [4.78, 5) is 39.1. The second kappa shape index (κ2) is 7.27. The summed E-state index contributed by atoms with van der Waals surface area (Å²) in [6.07, 6.45) is 1.27. The second-order valence-electron chi connectivity index (χ2n) is 9.36. The number of hydrogen-bond acceptors (Lipinski definition) is 5. The number of nitrogens with zero attached hydrogens (tertiary/aromatic N) is 1. The van der Waals surface area contributed by atoms with Gasteiger partial charge in [0.2, 0.25) is 11.8 Å². The summed E-state index contributed by atoms with van der Waals surface area (Å²) in [5.41, 5.74) is -0.101. The first-order valence-corrected chi connectivity index (χ1v) is 12.0. The molecule has 2 amide bonds. The monoisotopic (exact) mass is 454 g/mol. The summed E-state index contributed by atoms with van der Waals surface area (Å²) >= 11 is 0. The Morgan fingerprint density at radius 1 is 1.06 bits per heavy atom. The lowest BCUT2D eigenvalue weighted by Gasteiger charge is -2.47. The van der Waals surface area contributed by atoms with Crippen LogP contribution in [-0.2, 0) is 19.6 Å². The third-order valence-electron chi connectivity index (χ3n) is 7.35. The third-order valence-corrected chi connectivity index (χ3v) is 8.73. The van der Waals surface area contributed by atoms with E-state index in [0.717, 1.165) is 4.90 Å². The number of carbonyl (C=O) groups excluding carboxylic acids is 3. The number of Topliss-reactive ketones (excluding diaryl/α,β-unsaturated/α-hetero) is 1. The van der Waals surface area contributed by atoms with Gasteiger partial charge < -0.3 is 0 Å². The van der Waals surface area contributed by atoms with Crippen LogP contribution in [-0.4, -0.2) is 26.0 Å². The van der Waals surface area contributed by atoms with E-state index >= 15 is 0 Å². The Bertz CT molecular complexity index is 1230. The molecule has 8 heteroatoms.